The molecule has 1 aromatic rings. The van der Waals surface area contributed by atoms with Crippen LogP contribution in [0.15, 0.2) is 17.5 Å². The molecule has 1 heterocycles. The van der Waals surface area contributed by atoms with E-state index in [1.165, 1.54) is 0 Å². The number of nitrogens with zero attached hydrogens (tertiary/aromatic N) is 1. The summed E-state index contributed by atoms with van der Waals surface area (Å²) in [5, 5.41) is 10.5. The number of rotatable bonds is 6. The molecule has 0 radical (unpaired) electrons. The lowest BCUT2D eigenvalue weighted by Crippen LogP contribution is -2.44. The molecule has 0 aliphatic rings. The van der Waals surface area contributed by atoms with Crippen molar-refractivity contribution in [2.75, 3.05) is 6.54 Å². The maximum Gasteiger partial charge on any atom is 0.305 e. The monoisotopic (exact) mass is 256 g/mol. The molecule has 0 spiro atoms. The fourth-order valence-electron chi connectivity index (χ4n) is 1.45. The van der Waals surface area contributed by atoms with Crippen LogP contribution in [0.1, 0.15) is 18.2 Å². The summed E-state index contributed by atoms with van der Waals surface area (Å²) in [6, 6.07) is 2.88. The summed E-state index contributed by atoms with van der Waals surface area (Å²) < 4.78 is 0. The molecule has 0 fully saturated rings. The Morgan fingerprint density at radius 3 is 2.76 bits per heavy atom. The van der Waals surface area contributed by atoms with Crippen molar-refractivity contribution in [2.24, 2.45) is 5.73 Å². The van der Waals surface area contributed by atoms with Crippen LogP contribution >= 0.6 is 11.3 Å². The summed E-state index contributed by atoms with van der Waals surface area (Å²) in [4.78, 5) is 25.0. The second kappa shape index (κ2) is 6.36. The van der Waals surface area contributed by atoms with Gasteiger partial charge in [-0.15, -0.1) is 11.3 Å². The van der Waals surface area contributed by atoms with Crippen molar-refractivity contribution >= 4 is 23.2 Å². The van der Waals surface area contributed by atoms with Crippen molar-refractivity contribution in [1.82, 2.24) is 4.90 Å². The molecular formula is C11H16N2O3S. The van der Waals surface area contributed by atoms with Crippen LogP contribution < -0.4 is 5.73 Å². The van der Waals surface area contributed by atoms with Gasteiger partial charge in [0.2, 0.25) is 5.91 Å². The summed E-state index contributed by atoms with van der Waals surface area (Å²) in [5.41, 5.74) is 5.55. The lowest BCUT2D eigenvalue weighted by atomic mass is 10.2. The van der Waals surface area contributed by atoms with Crippen molar-refractivity contribution in [2.45, 2.75) is 25.9 Å². The Labute approximate surface area is 104 Å². The number of nitrogens with two attached hydrogens (primary N) is 1. The van der Waals surface area contributed by atoms with Crippen molar-refractivity contribution in [3.8, 4) is 0 Å². The molecule has 3 N–H and O–H groups in total. The zero-order valence-corrected chi connectivity index (χ0v) is 10.4. The number of aliphatic carboxylic acids is 1. The number of carboxylic acids is 1. The molecule has 0 bridgehead atoms. The third-order valence-corrected chi connectivity index (χ3v) is 3.19. The highest BCUT2D eigenvalue weighted by Crippen LogP contribution is 2.12. The zero-order chi connectivity index (χ0) is 12.8. The number of hydrogen-bond acceptors (Lipinski definition) is 4. The molecule has 1 atom stereocenters. The quantitative estimate of drug-likeness (QED) is 0.792. The second-order valence-electron chi connectivity index (χ2n) is 3.64. The van der Waals surface area contributed by atoms with Crippen LogP contribution in [0.25, 0.3) is 0 Å². The summed E-state index contributed by atoms with van der Waals surface area (Å²) >= 11 is 1.56. The minimum atomic E-state index is -1.06. The van der Waals surface area contributed by atoms with Gasteiger partial charge in [-0.3, -0.25) is 9.59 Å². The SMILES string of the molecule is CCN(Cc1cccs1)C(=O)C(N)CC(=O)O. The average Bonchev–Trinajstić information content (AvgIpc) is 2.76. The van der Waals surface area contributed by atoms with Crippen LogP contribution in [0.5, 0.6) is 0 Å². The lowest BCUT2D eigenvalue weighted by Gasteiger charge is -2.23. The van der Waals surface area contributed by atoms with Gasteiger partial charge in [-0.25, -0.2) is 0 Å². The van der Waals surface area contributed by atoms with Gasteiger partial charge >= 0.3 is 5.97 Å². The molecule has 1 rings (SSSR count). The highest BCUT2D eigenvalue weighted by molar-refractivity contribution is 7.09. The molecule has 0 aliphatic carbocycles. The van der Waals surface area contributed by atoms with Crippen LogP contribution in [-0.4, -0.2) is 34.5 Å². The van der Waals surface area contributed by atoms with E-state index in [0.717, 1.165) is 4.88 Å². The van der Waals surface area contributed by atoms with Crippen LogP contribution in [0.2, 0.25) is 0 Å². The summed E-state index contributed by atoms with van der Waals surface area (Å²) in [6.07, 6.45) is -0.334. The van der Waals surface area contributed by atoms with E-state index in [0.29, 0.717) is 13.1 Å². The first-order valence-electron chi connectivity index (χ1n) is 5.33. The van der Waals surface area contributed by atoms with Crippen LogP contribution in [0.3, 0.4) is 0 Å². The fraction of sp³-hybridized carbons (Fsp3) is 0.455. The highest BCUT2D eigenvalue weighted by Gasteiger charge is 2.22. The number of likely N-dealkylation sites (N-methyl/N-ethyl adjacent to an activating group) is 1. The van der Waals surface area contributed by atoms with Gasteiger partial charge < -0.3 is 15.7 Å². The normalized spacial score (nSPS) is 12.1. The predicted molar refractivity (Wildman–Crippen MR) is 65.6 cm³/mol. The number of hydrogen-bond donors (Lipinski definition) is 2. The van der Waals surface area contributed by atoms with Gasteiger partial charge in [0, 0.05) is 11.4 Å². The topological polar surface area (TPSA) is 83.6 Å². The van der Waals surface area contributed by atoms with Gasteiger partial charge in [-0.1, -0.05) is 6.07 Å². The number of carbonyl (C=O) groups excluding carboxylic acids is 1. The molecule has 0 saturated carbocycles. The maximum absolute atomic E-state index is 11.9. The Morgan fingerprint density at radius 1 is 1.59 bits per heavy atom. The van der Waals surface area contributed by atoms with Crippen molar-refractivity contribution in [1.29, 1.82) is 0 Å². The maximum atomic E-state index is 11.9. The third-order valence-electron chi connectivity index (χ3n) is 2.33. The van der Waals surface area contributed by atoms with Crippen molar-refractivity contribution < 1.29 is 14.7 Å². The van der Waals surface area contributed by atoms with Gasteiger partial charge in [0.1, 0.15) is 0 Å². The molecule has 17 heavy (non-hydrogen) atoms. The van der Waals surface area contributed by atoms with E-state index in [-0.39, 0.29) is 12.3 Å². The highest BCUT2D eigenvalue weighted by atomic mass is 32.1. The van der Waals surface area contributed by atoms with E-state index < -0.39 is 12.0 Å². The first kappa shape index (κ1) is 13.7. The van der Waals surface area contributed by atoms with E-state index in [2.05, 4.69) is 0 Å². The van der Waals surface area contributed by atoms with Crippen molar-refractivity contribution in [3.05, 3.63) is 22.4 Å². The Morgan fingerprint density at radius 2 is 2.29 bits per heavy atom. The first-order valence-corrected chi connectivity index (χ1v) is 6.21. The number of thiophene rings is 1. The van der Waals surface area contributed by atoms with E-state index in [1.54, 1.807) is 16.2 Å². The van der Waals surface area contributed by atoms with Gasteiger partial charge in [0.05, 0.1) is 19.0 Å². The van der Waals surface area contributed by atoms with Gasteiger partial charge in [0.15, 0.2) is 0 Å². The van der Waals surface area contributed by atoms with Gasteiger partial charge in [-0.05, 0) is 18.4 Å². The van der Waals surface area contributed by atoms with E-state index >= 15 is 0 Å². The molecule has 1 unspecified atom stereocenters. The molecule has 0 aromatic carbocycles. The molecular weight excluding hydrogens is 240 g/mol. The predicted octanol–water partition coefficient (Wildman–Crippen LogP) is 0.899. The standard InChI is InChI=1S/C11H16N2O3S/c1-2-13(7-8-4-3-5-17-8)11(16)9(12)6-10(14)15/h3-5,9H,2,6-7,12H2,1H3,(H,14,15). The molecule has 94 valence electrons. The van der Waals surface area contributed by atoms with Crippen LogP contribution in [0, 0.1) is 0 Å². The smallest absolute Gasteiger partial charge is 0.305 e. The van der Waals surface area contributed by atoms with E-state index in [9.17, 15) is 9.59 Å². The number of carbonyl (C=O) groups is 2. The van der Waals surface area contributed by atoms with E-state index in [4.69, 9.17) is 10.8 Å². The van der Waals surface area contributed by atoms with Crippen LogP contribution in [0.4, 0.5) is 0 Å². The molecule has 0 aliphatic heterocycles. The summed E-state index contributed by atoms with van der Waals surface area (Å²) in [7, 11) is 0. The van der Waals surface area contributed by atoms with Gasteiger partial charge in [-0.2, -0.15) is 0 Å². The minimum absolute atomic E-state index is 0.316. The zero-order valence-electron chi connectivity index (χ0n) is 9.63. The Bertz CT molecular complexity index is 378. The minimum Gasteiger partial charge on any atom is -0.481 e. The van der Waals surface area contributed by atoms with E-state index in [1.807, 2.05) is 24.4 Å². The Kier molecular flexibility index (Phi) is 5.11. The Balaban J connectivity index is 2.60. The largest absolute Gasteiger partial charge is 0.481 e. The molecule has 5 nitrogen and oxygen atoms in total. The summed E-state index contributed by atoms with van der Waals surface area (Å²) in [6.45, 7) is 2.85. The number of carboxylic acid groups (broad SMARTS) is 1. The molecule has 1 aromatic heterocycles. The second-order valence-corrected chi connectivity index (χ2v) is 4.67. The lowest BCUT2D eigenvalue weighted by molar-refractivity contribution is -0.142. The molecule has 6 heteroatoms. The van der Waals surface area contributed by atoms with Gasteiger partial charge in [0.25, 0.3) is 0 Å². The van der Waals surface area contributed by atoms with Crippen molar-refractivity contribution in [3.63, 3.8) is 0 Å². The number of amides is 1. The molecule has 1 amide bonds. The molecule has 0 saturated heterocycles. The summed E-state index contributed by atoms with van der Waals surface area (Å²) in [5.74, 6) is -1.37. The third kappa shape index (κ3) is 4.16. The fourth-order valence-corrected chi connectivity index (χ4v) is 2.17. The Hall–Kier alpha value is -1.40. The average molecular weight is 256 g/mol. The first-order chi connectivity index (χ1) is 8.04. The van der Waals surface area contributed by atoms with Crippen LogP contribution in [-0.2, 0) is 16.1 Å².